The zero-order valence-electron chi connectivity index (χ0n) is 19.9. The number of likely N-dealkylation sites (tertiary alicyclic amines) is 1. The standard InChI is InChI=1S/C26H35N5O2/c1-27-26(28-14-12-21-10-7-11-23(16-21)25(33)30(2)3)29-18-22-17-24(32)31(19-22)15-13-20-8-5-4-6-9-20/h4-11,16,22H,12-15,17-19H2,1-3H3,(H2,27,28,29). The normalized spacial score (nSPS) is 16.1. The van der Waals surface area contributed by atoms with Crippen molar-refractivity contribution in [2.24, 2.45) is 10.9 Å². The Balaban J connectivity index is 1.39. The lowest BCUT2D eigenvalue weighted by molar-refractivity contribution is -0.127. The summed E-state index contributed by atoms with van der Waals surface area (Å²) < 4.78 is 0. The molecule has 0 spiro atoms. The third-order valence-electron chi connectivity index (χ3n) is 5.88. The van der Waals surface area contributed by atoms with Crippen LogP contribution in [0.4, 0.5) is 0 Å². The molecule has 1 fully saturated rings. The van der Waals surface area contributed by atoms with E-state index in [0.29, 0.717) is 25.1 Å². The molecule has 0 saturated carbocycles. The molecule has 7 heteroatoms. The minimum absolute atomic E-state index is 0.00575. The maximum absolute atomic E-state index is 12.4. The smallest absolute Gasteiger partial charge is 0.253 e. The number of aliphatic imine (C=N–C) groups is 1. The molecule has 7 nitrogen and oxygen atoms in total. The second kappa shape index (κ2) is 12.0. The van der Waals surface area contributed by atoms with Crippen molar-refractivity contribution in [3.8, 4) is 0 Å². The molecule has 2 amide bonds. The number of rotatable bonds is 9. The minimum Gasteiger partial charge on any atom is -0.356 e. The molecule has 0 radical (unpaired) electrons. The zero-order valence-corrected chi connectivity index (χ0v) is 19.9. The summed E-state index contributed by atoms with van der Waals surface area (Å²) in [6.07, 6.45) is 2.24. The van der Waals surface area contributed by atoms with Gasteiger partial charge in [-0.3, -0.25) is 14.6 Å². The Morgan fingerprint density at radius 2 is 1.82 bits per heavy atom. The fourth-order valence-electron chi connectivity index (χ4n) is 4.02. The van der Waals surface area contributed by atoms with E-state index in [-0.39, 0.29) is 17.7 Å². The van der Waals surface area contributed by atoms with Gasteiger partial charge in [0.15, 0.2) is 5.96 Å². The van der Waals surface area contributed by atoms with E-state index in [2.05, 4.69) is 27.8 Å². The predicted octanol–water partition coefficient (Wildman–Crippen LogP) is 2.19. The van der Waals surface area contributed by atoms with Gasteiger partial charge in [0.05, 0.1) is 0 Å². The van der Waals surface area contributed by atoms with Gasteiger partial charge in [-0.15, -0.1) is 0 Å². The van der Waals surface area contributed by atoms with Crippen LogP contribution in [-0.4, -0.2) is 74.9 Å². The SMILES string of the molecule is CN=C(NCCc1cccc(C(=O)N(C)C)c1)NCC1CC(=O)N(CCc2ccccc2)C1. The van der Waals surface area contributed by atoms with Gasteiger partial charge in [0.1, 0.15) is 0 Å². The first kappa shape index (κ1) is 24.3. The van der Waals surface area contributed by atoms with Gasteiger partial charge in [0.25, 0.3) is 5.91 Å². The van der Waals surface area contributed by atoms with Gasteiger partial charge in [-0.25, -0.2) is 0 Å². The molecule has 0 aliphatic carbocycles. The molecule has 1 aliphatic heterocycles. The Hall–Kier alpha value is -3.35. The van der Waals surface area contributed by atoms with Crippen molar-refractivity contribution in [2.45, 2.75) is 19.3 Å². The molecule has 176 valence electrons. The van der Waals surface area contributed by atoms with Gasteiger partial charge >= 0.3 is 0 Å². The second-order valence-corrected chi connectivity index (χ2v) is 8.68. The number of carbonyl (C=O) groups excluding carboxylic acids is 2. The van der Waals surface area contributed by atoms with E-state index in [4.69, 9.17) is 0 Å². The largest absolute Gasteiger partial charge is 0.356 e. The molecule has 1 aliphatic rings. The van der Waals surface area contributed by atoms with Crippen molar-refractivity contribution in [1.29, 1.82) is 0 Å². The van der Waals surface area contributed by atoms with E-state index in [1.807, 2.05) is 47.4 Å². The molecular formula is C26H35N5O2. The van der Waals surface area contributed by atoms with Crippen LogP contribution in [0.2, 0.25) is 0 Å². The summed E-state index contributed by atoms with van der Waals surface area (Å²) in [5.41, 5.74) is 3.05. The number of amides is 2. The Labute approximate surface area is 196 Å². The first-order valence-electron chi connectivity index (χ1n) is 11.5. The molecule has 2 aromatic rings. The summed E-state index contributed by atoms with van der Waals surface area (Å²) in [5.74, 6) is 1.24. The first-order valence-corrected chi connectivity index (χ1v) is 11.5. The summed E-state index contributed by atoms with van der Waals surface area (Å²) in [6.45, 7) is 2.95. The van der Waals surface area contributed by atoms with Crippen molar-refractivity contribution < 1.29 is 9.59 Å². The van der Waals surface area contributed by atoms with E-state index in [9.17, 15) is 9.59 Å². The van der Waals surface area contributed by atoms with Gasteiger partial charge in [-0.1, -0.05) is 42.5 Å². The number of carbonyl (C=O) groups is 2. The number of nitrogens with one attached hydrogen (secondary N) is 2. The lowest BCUT2D eigenvalue weighted by Gasteiger charge is -2.18. The molecule has 1 saturated heterocycles. The molecule has 33 heavy (non-hydrogen) atoms. The number of hydrogen-bond donors (Lipinski definition) is 2. The summed E-state index contributed by atoms with van der Waals surface area (Å²) in [4.78, 5) is 32.4. The third kappa shape index (κ3) is 7.34. The lowest BCUT2D eigenvalue weighted by Crippen LogP contribution is -2.41. The van der Waals surface area contributed by atoms with Crippen LogP contribution >= 0.6 is 0 Å². The molecule has 1 unspecified atom stereocenters. The Morgan fingerprint density at radius 3 is 2.55 bits per heavy atom. The number of guanidine groups is 1. The van der Waals surface area contributed by atoms with Gasteiger partial charge in [-0.05, 0) is 36.1 Å². The highest BCUT2D eigenvalue weighted by Crippen LogP contribution is 2.17. The molecule has 1 heterocycles. The van der Waals surface area contributed by atoms with E-state index < -0.39 is 0 Å². The van der Waals surface area contributed by atoms with E-state index >= 15 is 0 Å². The van der Waals surface area contributed by atoms with Gasteiger partial charge in [0, 0.05) is 65.2 Å². The van der Waals surface area contributed by atoms with Crippen molar-refractivity contribution in [3.63, 3.8) is 0 Å². The van der Waals surface area contributed by atoms with E-state index in [0.717, 1.165) is 37.5 Å². The first-order chi connectivity index (χ1) is 16.0. The monoisotopic (exact) mass is 449 g/mol. The third-order valence-corrected chi connectivity index (χ3v) is 5.88. The highest BCUT2D eigenvalue weighted by Gasteiger charge is 2.29. The fourth-order valence-corrected chi connectivity index (χ4v) is 4.02. The maximum atomic E-state index is 12.4. The van der Waals surface area contributed by atoms with Crippen molar-refractivity contribution in [3.05, 3.63) is 71.3 Å². The molecule has 0 aromatic heterocycles. The molecule has 1 atom stereocenters. The van der Waals surface area contributed by atoms with Crippen LogP contribution in [-0.2, 0) is 17.6 Å². The van der Waals surface area contributed by atoms with E-state index in [1.54, 1.807) is 26.0 Å². The minimum atomic E-state index is 0.00575. The van der Waals surface area contributed by atoms with Crippen LogP contribution in [0.15, 0.2) is 59.6 Å². The molecule has 2 N–H and O–H groups in total. The van der Waals surface area contributed by atoms with E-state index in [1.165, 1.54) is 5.56 Å². The average molecular weight is 450 g/mol. The van der Waals surface area contributed by atoms with Crippen LogP contribution in [0.5, 0.6) is 0 Å². The lowest BCUT2D eigenvalue weighted by atomic mass is 10.1. The predicted molar refractivity (Wildman–Crippen MR) is 132 cm³/mol. The maximum Gasteiger partial charge on any atom is 0.253 e. The van der Waals surface area contributed by atoms with Gasteiger partial charge in [0.2, 0.25) is 5.91 Å². The van der Waals surface area contributed by atoms with Gasteiger partial charge in [-0.2, -0.15) is 0 Å². The topological polar surface area (TPSA) is 77.0 Å². The number of nitrogens with zero attached hydrogens (tertiary/aromatic N) is 3. The Bertz CT molecular complexity index is 958. The zero-order chi connectivity index (χ0) is 23.6. The van der Waals surface area contributed by atoms with Crippen LogP contribution in [0.3, 0.4) is 0 Å². The van der Waals surface area contributed by atoms with Gasteiger partial charge < -0.3 is 20.4 Å². The molecule has 0 bridgehead atoms. The van der Waals surface area contributed by atoms with Crippen LogP contribution < -0.4 is 10.6 Å². The summed E-state index contributed by atoms with van der Waals surface area (Å²) >= 11 is 0. The Morgan fingerprint density at radius 1 is 1.06 bits per heavy atom. The fraction of sp³-hybridized carbons (Fsp3) is 0.423. The number of benzene rings is 2. The molecular weight excluding hydrogens is 414 g/mol. The van der Waals surface area contributed by atoms with Crippen molar-refractivity contribution >= 4 is 17.8 Å². The molecule has 3 rings (SSSR count). The summed E-state index contributed by atoms with van der Waals surface area (Å²) in [5, 5.41) is 6.68. The van der Waals surface area contributed by atoms with Crippen LogP contribution in [0.1, 0.15) is 27.9 Å². The van der Waals surface area contributed by atoms with Crippen molar-refractivity contribution in [1.82, 2.24) is 20.4 Å². The summed E-state index contributed by atoms with van der Waals surface area (Å²) in [6, 6.07) is 18.0. The average Bonchev–Trinajstić information content (AvgIpc) is 3.19. The van der Waals surface area contributed by atoms with Crippen LogP contribution in [0, 0.1) is 5.92 Å². The highest BCUT2D eigenvalue weighted by molar-refractivity contribution is 5.94. The highest BCUT2D eigenvalue weighted by atomic mass is 16.2. The summed E-state index contributed by atoms with van der Waals surface area (Å²) in [7, 11) is 5.26. The van der Waals surface area contributed by atoms with Crippen molar-refractivity contribution in [2.75, 3.05) is 47.3 Å². The van der Waals surface area contributed by atoms with Crippen LogP contribution in [0.25, 0.3) is 0 Å². The number of hydrogen-bond acceptors (Lipinski definition) is 3. The second-order valence-electron chi connectivity index (χ2n) is 8.68. The quantitative estimate of drug-likeness (QED) is 0.455. The Kier molecular flexibility index (Phi) is 8.87. The molecule has 2 aromatic carbocycles.